The van der Waals surface area contributed by atoms with Crippen molar-refractivity contribution in [2.45, 2.75) is 32.1 Å². The molecule has 0 radical (unpaired) electrons. The number of benzene rings is 1. The Hall–Kier alpha value is -2.28. The number of carbonyl (C=O) groups is 3. The fraction of sp³-hybridized carbons (Fsp3) is 0.438. The highest BCUT2D eigenvalue weighted by Gasteiger charge is 2.19. The van der Waals surface area contributed by atoms with Gasteiger partial charge in [0.15, 0.2) is 0 Å². The van der Waals surface area contributed by atoms with Gasteiger partial charge < -0.3 is 19.9 Å². The fourth-order valence-corrected chi connectivity index (χ4v) is 2.05. The summed E-state index contributed by atoms with van der Waals surface area (Å²) in [5, 5.41) is 12.2. The first-order valence-electron chi connectivity index (χ1n) is 7.48. The molecule has 8 heteroatoms. The molecule has 132 valence electrons. The molecule has 0 heterocycles. The number of ether oxygens (including phenoxy) is 2. The van der Waals surface area contributed by atoms with Gasteiger partial charge in [-0.3, -0.25) is 9.59 Å². The zero-order valence-corrected chi connectivity index (χ0v) is 14.0. The van der Waals surface area contributed by atoms with Gasteiger partial charge in [-0.1, -0.05) is 30.7 Å². The number of carboxylic acid groups (broad SMARTS) is 1. The maximum atomic E-state index is 11.4. The lowest BCUT2D eigenvalue weighted by Crippen LogP contribution is -2.28. The van der Waals surface area contributed by atoms with Crippen LogP contribution in [0.1, 0.15) is 37.7 Å². The minimum atomic E-state index is -0.999. The highest BCUT2D eigenvalue weighted by molar-refractivity contribution is 6.30. The van der Waals surface area contributed by atoms with E-state index in [1.165, 1.54) is 0 Å². The summed E-state index contributed by atoms with van der Waals surface area (Å²) in [5.41, 5.74) is 0.593. The molecule has 0 aliphatic heterocycles. The number of rotatable bonds is 9. The molecule has 1 amide bonds. The molecule has 0 aliphatic carbocycles. The number of carbonyl (C=O) groups excluding carboxylic acids is 2. The van der Waals surface area contributed by atoms with E-state index in [4.69, 9.17) is 11.6 Å². The van der Waals surface area contributed by atoms with Crippen molar-refractivity contribution < 1.29 is 29.0 Å². The summed E-state index contributed by atoms with van der Waals surface area (Å²) in [4.78, 5) is 33.8. The quantitative estimate of drug-likeness (QED) is 0.520. The molecular weight excluding hydrogens is 338 g/mol. The van der Waals surface area contributed by atoms with Gasteiger partial charge in [-0.25, -0.2) is 4.79 Å². The third-order valence-corrected chi connectivity index (χ3v) is 3.39. The van der Waals surface area contributed by atoms with Gasteiger partial charge >= 0.3 is 18.0 Å². The van der Waals surface area contributed by atoms with Crippen LogP contribution in [0.3, 0.4) is 0 Å². The fourth-order valence-electron chi connectivity index (χ4n) is 1.92. The summed E-state index contributed by atoms with van der Waals surface area (Å²) in [5.74, 6) is -2.22. The van der Waals surface area contributed by atoms with E-state index < -0.39 is 30.7 Å². The molecule has 0 aliphatic rings. The van der Waals surface area contributed by atoms with Gasteiger partial charge in [0.25, 0.3) is 0 Å². The largest absolute Gasteiger partial charge is 0.481 e. The van der Waals surface area contributed by atoms with Crippen molar-refractivity contribution in [3.05, 3.63) is 34.9 Å². The van der Waals surface area contributed by atoms with Crippen LogP contribution in [-0.2, 0) is 19.1 Å². The summed E-state index contributed by atoms with van der Waals surface area (Å²) < 4.78 is 9.34. The molecule has 0 aromatic heterocycles. The summed E-state index contributed by atoms with van der Waals surface area (Å²) in [6.45, 7) is 1.46. The van der Waals surface area contributed by atoms with Crippen LogP contribution < -0.4 is 5.32 Å². The summed E-state index contributed by atoms with van der Waals surface area (Å²) in [7, 11) is 0. The lowest BCUT2D eigenvalue weighted by Gasteiger charge is -2.13. The topological polar surface area (TPSA) is 102 Å². The third kappa shape index (κ3) is 7.32. The molecule has 24 heavy (non-hydrogen) atoms. The van der Waals surface area contributed by atoms with Gasteiger partial charge in [0.1, 0.15) is 0 Å². The highest BCUT2D eigenvalue weighted by atomic mass is 35.5. The molecule has 0 saturated heterocycles. The monoisotopic (exact) mass is 357 g/mol. The van der Waals surface area contributed by atoms with E-state index in [-0.39, 0.29) is 19.4 Å². The maximum absolute atomic E-state index is 11.4. The van der Waals surface area contributed by atoms with Gasteiger partial charge in [-0.15, -0.1) is 0 Å². The average molecular weight is 358 g/mol. The van der Waals surface area contributed by atoms with Crippen LogP contribution in [0.5, 0.6) is 0 Å². The maximum Gasteiger partial charge on any atom is 0.410 e. The van der Waals surface area contributed by atoms with Crippen molar-refractivity contribution in [1.82, 2.24) is 5.32 Å². The van der Waals surface area contributed by atoms with E-state index in [1.54, 1.807) is 24.3 Å². The van der Waals surface area contributed by atoms with E-state index in [0.29, 0.717) is 17.0 Å². The van der Waals surface area contributed by atoms with Crippen LogP contribution in [0.25, 0.3) is 0 Å². The van der Waals surface area contributed by atoms with Crippen molar-refractivity contribution in [3.63, 3.8) is 0 Å². The van der Waals surface area contributed by atoms with Crippen LogP contribution in [0.2, 0.25) is 5.02 Å². The summed E-state index contributed by atoms with van der Waals surface area (Å²) in [6.07, 6.45) is 0.305. The average Bonchev–Trinajstić information content (AvgIpc) is 2.52. The second-order valence-corrected chi connectivity index (χ2v) is 5.41. The molecular formula is C16H20ClNO6. The molecule has 0 fully saturated rings. The second-order valence-electron chi connectivity index (χ2n) is 4.97. The van der Waals surface area contributed by atoms with Crippen LogP contribution in [0.15, 0.2) is 24.3 Å². The van der Waals surface area contributed by atoms with Crippen molar-refractivity contribution in [3.8, 4) is 0 Å². The van der Waals surface area contributed by atoms with E-state index in [0.717, 1.165) is 0 Å². The smallest absolute Gasteiger partial charge is 0.410 e. The SMILES string of the molecule is CCCC(=O)OCOC(=O)NCCC(C(=O)O)c1ccc(Cl)cc1. The lowest BCUT2D eigenvalue weighted by atomic mass is 9.96. The molecule has 0 saturated carbocycles. The Bertz CT molecular complexity index is 560. The number of carboxylic acids is 1. The Labute approximate surface area is 144 Å². The predicted octanol–water partition coefficient (Wildman–Crippen LogP) is 2.93. The number of alkyl carbamates (subject to hydrolysis) is 1. The van der Waals surface area contributed by atoms with Crippen molar-refractivity contribution in [2.75, 3.05) is 13.3 Å². The zero-order valence-electron chi connectivity index (χ0n) is 13.3. The number of amides is 1. The number of hydrogen-bond acceptors (Lipinski definition) is 5. The molecule has 1 rings (SSSR count). The Morgan fingerprint density at radius 3 is 2.46 bits per heavy atom. The Kier molecular flexibility index (Phi) is 8.64. The first-order valence-corrected chi connectivity index (χ1v) is 7.86. The first-order chi connectivity index (χ1) is 11.4. The van der Waals surface area contributed by atoms with Crippen molar-refractivity contribution >= 4 is 29.6 Å². The lowest BCUT2D eigenvalue weighted by molar-refractivity contribution is -0.152. The second kappa shape index (κ2) is 10.5. The minimum Gasteiger partial charge on any atom is -0.481 e. The molecule has 7 nitrogen and oxygen atoms in total. The zero-order chi connectivity index (χ0) is 17.9. The minimum absolute atomic E-state index is 0.0985. The van der Waals surface area contributed by atoms with Crippen LogP contribution in [-0.4, -0.2) is 36.5 Å². The number of esters is 1. The number of hydrogen-bond donors (Lipinski definition) is 2. The summed E-state index contributed by atoms with van der Waals surface area (Å²) >= 11 is 5.78. The van der Waals surface area contributed by atoms with Gasteiger partial charge in [-0.2, -0.15) is 0 Å². The molecule has 1 unspecified atom stereocenters. The van der Waals surface area contributed by atoms with Crippen LogP contribution >= 0.6 is 11.6 Å². The van der Waals surface area contributed by atoms with Gasteiger partial charge in [0.2, 0.25) is 6.79 Å². The number of nitrogens with one attached hydrogen (secondary N) is 1. The molecule has 2 N–H and O–H groups in total. The van der Waals surface area contributed by atoms with Crippen molar-refractivity contribution in [1.29, 1.82) is 0 Å². The van der Waals surface area contributed by atoms with Crippen LogP contribution in [0.4, 0.5) is 4.79 Å². The Balaban J connectivity index is 2.35. The molecule has 1 aromatic rings. The van der Waals surface area contributed by atoms with E-state index in [9.17, 15) is 19.5 Å². The van der Waals surface area contributed by atoms with Crippen molar-refractivity contribution in [2.24, 2.45) is 0 Å². The Morgan fingerprint density at radius 1 is 1.21 bits per heavy atom. The number of halogens is 1. The van der Waals surface area contributed by atoms with E-state index >= 15 is 0 Å². The van der Waals surface area contributed by atoms with Gasteiger partial charge in [0.05, 0.1) is 5.92 Å². The summed E-state index contributed by atoms with van der Waals surface area (Å²) in [6, 6.07) is 6.48. The third-order valence-electron chi connectivity index (χ3n) is 3.14. The first kappa shape index (κ1) is 19.8. The molecule has 1 aromatic carbocycles. The Morgan fingerprint density at radius 2 is 1.88 bits per heavy atom. The van der Waals surface area contributed by atoms with Crippen LogP contribution in [0, 0.1) is 0 Å². The predicted molar refractivity (Wildman–Crippen MR) is 86.8 cm³/mol. The van der Waals surface area contributed by atoms with Gasteiger partial charge in [-0.05, 0) is 30.5 Å². The normalized spacial score (nSPS) is 11.4. The van der Waals surface area contributed by atoms with E-state index in [2.05, 4.69) is 14.8 Å². The van der Waals surface area contributed by atoms with Gasteiger partial charge in [0, 0.05) is 18.0 Å². The molecule has 0 bridgehead atoms. The van der Waals surface area contributed by atoms with E-state index in [1.807, 2.05) is 6.92 Å². The standard InChI is InChI=1S/C16H20ClNO6/c1-2-3-14(19)23-10-24-16(22)18-9-8-13(15(20)21)11-4-6-12(17)7-5-11/h4-7,13H,2-3,8-10H2,1H3,(H,18,22)(H,20,21). The molecule has 0 spiro atoms. The number of aliphatic carboxylic acids is 1. The molecule has 1 atom stereocenters. The highest BCUT2D eigenvalue weighted by Crippen LogP contribution is 2.21.